The number of halogens is 1. The Morgan fingerprint density at radius 2 is 1.95 bits per heavy atom. The van der Waals surface area contributed by atoms with Crippen molar-refractivity contribution in [1.82, 2.24) is 5.32 Å². The molecule has 1 amide bonds. The maximum Gasteiger partial charge on any atom is 0.251 e. The van der Waals surface area contributed by atoms with Gasteiger partial charge in [0.1, 0.15) is 5.82 Å². The van der Waals surface area contributed by atoms with Crippen molar-refractivity contribution in [3.05, 3.63) is 29.1 Å². The van der Waals surface area contributed by atoms with E-state index in [4.69, 9.17) is 5.14 Å². The first-order valence-electron chi connectivity index (χ1n) is 6.71. The van der Waals surface area contributed by atoms with Gasteiger partial charge in [-0.1, -0.05) is 20.8 Å². The van der Waals surface area contributed by atoms with Gasteiger partial charge in [-0.05, 0) is 31.4 Å². The van der Waals surface area contributed by atoms with E-state index in [0.29, 0.717) is 0 Å². The number of carbonyl (C=O) groups is 1. The molecule has 1 unspecified atom stereocenters. The first kappa shape index (κ1) is 17.6. The van der Waals surface area contributed by atoms with Gasteiger partial charge in [0.05, 0.1) is 4.90 Å². The molecule has 0 aromatic heterocycles. The third kappa shape index (κ3) is 4.25. The number of benzene rings is 1. The third-order valence-electron chi connectivity index (χ3n) is 3.43. The Bertz CT molecular complexity index is 642. The second-order valence-corrected chi connectivity index (χ2v) is 6.89. The lowest BCUT2D eigenvalue weighted by Crippen LogP contribution is -2.38. The summed E-state index contributed by atoms with van der Waals surface area (Å²) >= 11 is 0. The minimum Gasteiger partial charge on any atom is -0.349 e. The van der Waals surface area contributed by atoms with Crippen LogP contribution in [0.4, 0.5) is 4.39 Å². The van der Waals surface area contributed by atoms with Crippen LogP contribution in [0, 0.1) is 18.7 Å². The van der Waals surface area contributed by atoms with E-state index < -0.39 is 21.7 Å². The Morgan fingerprint density at radius 3 is 2.38 bits per heavy atom. The molecular weight excluding hydrogens is 295 g/mol. The maximum atomic E-state index is 13.8. The highest BCUT2D eigenvalue weighted by Crippen LogP contribution is 2.20. The van der Waals surface area contributed by atoms with Crippen LogP contribution in [0.5, 0.6) is 0 Å². The Morgan fingerprint density at radius 1 is 1.38 bits per heavy atom. The summed E-state index contributed by atoms with van der Waals surface area (Å²) < 4.78 is 36.7. The van der Waals surface area contributed by atoms with Crippen molar-refractivity contribution >= 4 is 15.9 Å². The molecule has 0 aliphatic heterocycles. The van der Waals surface area contributed by atoms with E-state index in [-0.39, 0.29) is 28.0 Å². The smallest absolute Gasteiger partial charge is 0.251 e. The van der Waals surface area contributed by atoms with Gasteiger partial charge in [-0.15, -0.1) is 0 Å². The van der Waals surface area contributed by atoms with Crippen molar-refractivity contribution in [2.75, 3.05) is 0 Å². The molecule has 0 saturated heterocycles. The van der Waals surface area contributed by atoms with Crippen molar-refractivity contribution in [3.63, 3.8) is 0 Å². The molecule has 1 rings (SSSR count). The fraction of sp³-hybridized carbons (Fsp3) is 0.500. The lowest BCUT2D eigenvalue weighted by Gasteiger charge is -2.21. The number of amides is 1. The Kier molecular flexibility index (Phi) is 5.47. The summed E-state index contributed by atoms with van der Waals surface area (Å²) in [6.45, 7) is 7.15. The van der Waals surface area contributed by atoms with Crippen molar-refractivity contribution in [2.45, 2.75) is 45.1 Å². The minimum absolute atomic E-state index is 0.0544. The van der Waals surface area contributed by atoms with Gasteiger partial charge in [-0.25, -0.2) is 17.9 Å². The first-order valence-corrected chi connectivity index (χ1v) is 8.26. The summed E-state index contributed by atoms with van der Waals surface area (Å²) in [5, 5.41) is 7.81. The molecule has 0 heterocycles. The van der Waals surface area contributed by atoms with Crippen LogP contribution < -0.4 is 10.5 Å². The van der Waals surface area contributed by atoms with Crippen molar-refractivity contribution in [1.29, 1.82) is 0 Å². The molecule has 1 atom stereocenters. The van der Waals surface area contributed by atoms with E-state index >= 15 is 0 Å². The van der Waals surface area contributed by atoms with Gasteiger partial charge in [0.25, 0.3) is 5.91 Å². The van der Waals surface area contributed by atoms with E-state index in [2.05, 4.69) is 5.32 Å². The summed E-state index contributed by atoms with van der Waals surface area (Å²) in [4.78, 5) is 11.8. The molecule has 0 bridgehead atoms. The standard InChI is InChI=1S/C14H21FN2O3S/c1-5-12(8(2)3)17-14(18)10-6-11(15)9(4)13(7-10)21(16,19)20/h6-8,12H,5H2,1-4H3,(H,17,18)(H2,16,19,20). The van der Waals surface area contributed by atoms with E-state index in [1.54, 1.807) is 0 Å². The zero-order chi connectivity index (χ0) is 16.4. The Hall–Kier alpha value is -1.47. The van der Waals surface area contributed by atoms with Crippen LogP contribution in [0.15, 0.2) is 17.0 Å². The molecule has 0 spiro atoms. The molecule has 0 radical (unpaired) electrons. The van der Waals surface area contributed by atoms with Crippen LogP contribution in [0.1, 0.15) is 43.1 Å². The summed E-state index contributed by atoms with van der Waals surface area (Å²) in [7, 11) is -4.08. The summed E-state index contributed by atoms with van der Waals surface area (Å²) in [6.07, 6.45) is 0.722. The van der Waals surface area contributed by atoms with Gasteiger partial charge in [0.15, 0.2) is 0 Å². The average Bonchev–Trinajstić information content (AvgIpc) is 2.36. The second kappa shape index (κ2) is 6.53. The highest BCUT2D eigenvalue weighted by Gasteiger charge is 2.21. The predicted molar refractivity (Wildman–Crippen MR) is 78.9 cm³/mol. The molecular formula is C14H21FN2O3S. The molecule has 3 N–H and O–H groups in total. The van der Waals surface area contributed by atoms with Crippen LogP contribution in [0.25, 0.3) is 0 Å². The number of hydrogen-bond acceptors (Lipinski definition) is 3. The fourth-order valence-corrected chi connectivity index (χ4v) is 2.89. The van der Waals surface area contributed by atoms with Gasteiger partial charge in [-0.3, -0.25) is 4.79 Å². The van der Waals surface area contributed by atoms with Gasteiger partial charge in [0, 0.05) is 17.2 Å². The quantitative estimate of drug-likeness (QED) is 0.870. The van der Waals surface area contributed by atoms with Crippen LogP contribution in [0.3, 0.4) is 0 Å². The lowest BCUT2D eigenvalue weighted by atomic mass is 10.0. The predicted octanol–water partition coefficient (Wildman–Crippen LogP) is 1.95. The second-order valence-electron chi connectivity index (χ2n) is 5.36. The number of nitrogens with two attached hydrogens (primary N) is 1. The highest BCUT2D eigenvalue weighted by molar-refractivity contribution is 7.89. The first-order chi connectivity index (χ1) is 9.57. The number of primary sulfonamides is 1. The number of rotatable bonds is 5. The van der Waals surface area contributed by atoms with Crippen LogP contribution >= 0.6 is 0 Å². The Balaban J connectivity index is 3.20. The molecule has 21 heavy (non-hydrogen) atoms. The van der Waals surface area contributed by atoms with E-state index in [9.17, 15) is 17.6 Å². The van der Waals surface area contributed by atoms with Crippen molar-refractivity contribution in [2.24, 2.45) is 11.1 Å². The third-order valence-corrected chi connectivity index (χ3v) is 4.46. The lowest BCUT2D eigenvalue weighted by molar-refractivity contribution is 0.0924. The number of carbonyl (C=O) groups excluding carboxylic acids is 1. The topological polar surface area (TPSA) is 89.3 Å². The molecule has 1 aromatic rings. The van der Waals surface area contributed by atoms with Gasteiger partial charge in [0.2, 0.25) is 10.0 Å². The zero-order valence-corrected chi connectivity index (χ0v) is 13.4. The number of nitrogens with one attached hydrogen (secondary N) is 1. The molecule has 5 nitrogen and oxygen atoms in total. The van der Waals surface area contributed by atoms with Gasteiger partial charge in [-0.2, -0.15) is 0 Å². The number of hydrogen-bond donors (Lipinski definition) is 2. The normalized spacial score (nSPS) is 13.3. The zero-order valence-electron chi connectivity index (χ0n) is 12.6. The molecule has 0 aliphatic rings. The van der Waals surface area contributed by atoms with Gasteiger partial charge < -0.3 is 5.32 Å². The van der Waals surface area contributed by atoms with Crippen molar-refractivity contribution in [3.8, 4) is 0 Å². The van der Waals surface area contributed by atoms with E-state index in [0.717, 1.165) is 18.6 Å². The molecule has 1 aromatic carbocycles. The summed E-state index contributed by atoms with van der Waals surface area (Å²) in [6, 6.07) is 2.06. The van der Waals surface area contributed by atoms with Gasteiger partial charge >= 0.3 is 0 Å². The molecule has 0 aliphatic carbocycles. The maximum absolute atomic E-state index is 13.8. The van der Waals surface area contributed by atoms with Crippen LogP contribution in [-0.2, 0) is 10.0 Å². The monoisotopic (exact) mass is 316 g/mol. The molecule has 0 fully saturated rings. The highest BCUT2D eigenvalue weighted by atomic mass is 32.2. The van der Waals surface area contributed by atoms with Crippen LogP contribution in [-0.4, -0.2) is 20.4 Å². The largest absolute Gasteiger partial charge is 0.349 e. The molecule has 7 heteroatoms. The fourth-order valence-electron chi connectivity index (χ4n) is 2.07. The van der Waals surface area contributed by atoms with Crippen molar-refractivity contribution < 1.29 is 17.6 Å². The number of sulfonamides is 1. The average molecular weight is 316 g/mol. The summed E-state index contributed by atoms with van der Waals surface area (Å²) in [5.41, 5.74) is -0.147. The van der Waals surface area contributed by atoms with E-state index in [1.807, 2.05) is 20.8 Å². The van der Waals surface area contributed by atoms with Crippen LogP contribution in [0.2, 0.25) is 0 Å². The molecule has 0 saturated carbocycles. The minimum atomic E-state index is -4.08. The molecule has 118 valence electrons. The van der Waals surface area contributed by atoms with E-state index in [1.165, 1.54) is 6.92 Å². The SMILES string of the molecule is CCC(NC(=O)c1cc(F)c(C)c(S(N)(=O)=O)c1)C(C)C. The Labute approximate surface area is 124 Å². The summed E-state index contributed by atoms with van der Waals surface area (Å²) in [5.74, 6) is -1.07.